The molecule has 2 aliphatic carbocycles. The second kappa shape index (κ2) is 11.5. The van der Waals surface area contributed by atoms with Gasteiger partial charge in [0.05, 0.1) is 19.1 Å². The number of esters is 1. The number of nitro groups is 1. The Labute approximate surface area is 233 Å². The van der Waals surface area contributed by atoms with Gasteiger partial charge in [-0.15, -0.1) is 0 Å². The van der Waals surface area contributed by atoms with Crippen LogP contribution in [-0.2, 0) is 14.3 Å². The second-order valence-corrected chi connectivity index (χ2v) is 10.7. The molecule has 1 fully saturated rings. The van der Waals surface area contributed by atoms with E-state index >= 15 is 0 Å². The Kier molecular flexibility index (Phi) is 7.91. The van der Waals surface area contributed by atoms with Crippen LogP contribution in [0.25, 0.3) is 0 Å². The molecule has 1 N–H and O–H groups in total. The number of methoxy groups -OCH3 is 2. The first kappa shape index (κ1) is 27.4. The largest absolute Gasteiger partial charge is 0.493 e. The molecule has 0 aromatic heterocycles. The molecular formula is C31H34N2O7. The van der Waals surface area contributed by atoms with Crippen LogP contribution in [0, 0.1) is 16.0 Å². The summed E-state index contributed by atoms with van der Waals surface area (Å²) in [6.45, 7) is 4.19. The van der Waals surface area contributed by atoms with Crippen LogP contribution in [0.4, 0.5) is 5.69 Å². The number of nitrogens with zero attached hydrogens (tertiary/aromatic N) is 1. The number of Topliss-reactive ketones (excluding diaryl/α,β-unsaturated/α-hetero) is 1. The average Bonchev–Trinajstić information content (AvgIpc) is 2.96. The number of rotatable bonds is 7. The molecule has 5 rings (SSSR count). The van der Waals surface area contributed by atoms with E-state index in [0.717, 1.165) is 37.7 Å². The van der Waals surface area contributed by atoms with Crippen molar-refractivity contribution in [3.05, 3.63) is 87.3 Å². The molecule has 3 atom stereocenters. The van der Waals surface area contributed by atoms with Crippen LogP contribution in [0.15, 0.2) is 66.0 Å². The maximum atomic E-state index is 13.9. The summed E-state index contributed by atoms with van der Waals surface area (Å²) in [6, 6.07) is 11.7. The van der Waals surface area contributed by atoms with Crippen molar-refractivity contribution < 1.29 is 28.7 Å². The zero-order chi connectivity index (χ0) is 28.4. The number of ketones is 1. The van der Waals surface area contributed by atoms with Gasteiger partial charge < -0.3 is 19.5 Å². The summed E-state index contributed by atoms with van der Waals surface area (Å²) >= 11 is 0. The standard InChI is InChI=1S/C31H34N2O7/c1-18-28(31(35)40-23-7-5-4-6-8-23)29(19-9-12-22(13-10-19)33(36)37)30-24(32-18)15-21(16-25(30)34)20-11-14-26(38-2)27(17-20)39-3/h9-14,17,21,23,28-29,32H,1,4-8,15-16H2,2-3H3. The van der Waals surface area contributed by atoms with E-state index < -0.39 is 22.7 Å². The third-order valence-electron chi connectivity index (χ3n) is 8.27. The Bertz CT molecular complexity index is 1360. The first-order chi connectivity index (χ1) is 19.3. The van der Waals surface area contributed by atoms with Crippen molar-refractivity contribution in [2.45, 2.75) is 62.9 Å². The number of ether oxygens (including phenoxy) is 3. The Hall–Kier alpha value is -4.14. The second-order valence-electron chi connectivity index (χ2n) is 10.7. The third kappa shape index (κ3) is 5.33. The third-order valence-corrected chi connectivity index (χ3v) is 8.27. The lowest BCUT2D eigenvalue weighted by Gasteiger charge is -2.40. The molecule has 0 bridgehead atoms. The van der Waals surface area contributed by atoms with Gasteiger partial charge in [0.2, 0.25) is 0 Å². The SMILES string of the molecule is C=C1NC2=C(C(=O)CC(c3ccc(OC)c(OC)c3)C2)C(c2ccc([N+](=O)[O-])cc2)C1C(=O)OC1CCCCC1. The van der Waals surface area contributed by atoms with Crippen molar-refractivity contribution in [1.29, 1.82) is 0 Å². The molecule has 1 saturated carbocycles. The Morgan fingerprint density at radius 3 is 2.30 bits per heavy atom. The summed E-state index contributed by atoms with van der Waals surface area (Å²) in [4.78, 5) is 38.3. The van der Waals surface area contributed by atoms with Gasteiger partial charge in [-0.1, -0.05) is 31.2 Å². The zero-order valence-corrected chi connectivity index (χ0v) is 22.8. The fraction of sp³-hybridized carbons (Fsp3) is 0.419. The quantitative estimate of drug-likeness (QED) is 0.267. The number of nitro benzene ring substituents is 1. The van der Waals surface area contributed by atoms with Crippen molar-refractivity contribution in [3.8, 4) is 11.5 Å². The molecular weight excluding hydrogens is 512 g/mol. The van der Waals surface area contributed by atoms with Crippen LogP contribution in [0.5, 0.6) is 11.5 Å². The zero-order valence-electron chi connectivity index (χ0n) is 22.8. The molecule has 0 amide bonds. The minimum Gasteiger partial charge on any atom is -0.493 e. The van der Waals surface area contributed by atoms with Gasteiger partial charge in [0.1, 0.15) is 12.0 Å². The smallest absolute Gasteiger partial charge is 0.316 e. The molecule has 0 saturated heterocycles. The molecule has 9 nitrogen and oxygen atoms in total. The lowest BCUT2D eigenvalue weighted by Crippen LogP contribution is -2.43. The molecule has 2 aromatic carbocycles. The van der Waals surface area contributed by atoms with Crippen LogP contribution >= 0.6 is 0 Å². The number of hydrogen-bond donors (Lipinski definition) is 1. The number of carbonyl (C=O) groups is 2. The minimum absolute atomic E-state index is 0.0597. The Morgan fingerprint density at radius 1 is 0.975 bits per heavy atom. The van der Waals surface area contributed by atoms with E-state index in [4.69, 9.17) is 14.2 Å². The Morgan fingerprint density at radius 2 is 1.65 bits per heavy atom. The number of benzene rings is 2. The van der Waals surface area contributed by atoms with Gasteiger partial charge in [-0.25, -0.2) is 0 Å². The topological polar surface area (TPSA) is 117 Å². The van der Waals surface area contributed by atoms with E-state index in [0.29, 0.717) is 40.5 Å². The summed E-state index contributed by atoms with van der Waals surface area (Å²) in [7, 11) is 3.15. The van der Waals surface area contributed by atoms with Gasteiger partial charge in [-0.3, -0.25) is 19.7 Å². The number of hydrogen-bond acceptors (Lipinski definition) is 8. The van der Waals surface area contributed by atoms with Gasteiger partial charge in [0.25, 0.3) is 5.69 Å². The summed E-state index contributed by atoms with van der Waals surface area (Å²) in [5.41, 5.74) is 3.22. The highest BCUT2D eigenvalue weighted by Gasteiger charge is 2.46. The van der Waals surface area contributed by atoms with Crippen LogP contribution in [0.1, 0.15) is 67.9 Å². The van der Waals surface area contributed by atoms with E-state index in [1.807, 2.05) is 18.2 Å². The molecule has 210 valence electrons. The summed E-state index contributed by atoms with van der Waals surface area (Å²) in [5, 5.41) is 14.6. The van der Waals surface area contributed by atoms with E-state index in [-0.39, 0.29) is 29.9 Å². The maximum absolute atomic E-state index is 13.9. The van der Waals surface area contributed by atoms with Crippen LogP contribution < -0.4 is 14.8 Å². The van der Waals surface area contributed by atoms with Gasteiger partial charge in [0, 0.05) is 41.4 Å². The van der Waals surface area contributed by atoms with Crippen LogP contribution in [0.3, 0.4) is 0 Å². The normalized spacial score (nSPS) is 23.2. The summed E-state index contributed by atoms with van der Waals surface area (Å²) in [6.07, 6.45) is 5.42. The molecule has 3 aliphatic rings. The number of allylic oxidation sites excluding steroid dienone is 2. The predicted molar refractivity (Wildman–Crippen MR) is 148 cm³/mol. The number of carbonyl (C=O) groups excluding carboxylic acids is 2. The highest BCUT2D eigenvalue weighted by molar-refractivity contribution is 6.01. The molecule has 0 radical (unpaired) electrons. The minimum atomic E-state index is -0.830. The number of non-ortho nitro benzene ring substituents is 1. The fourth-order valence-corrected chi connectivity index (χ4v) is 6.25. The number of nitrogens with one attached hydrogen (secondary N) is 1. The summed E-state index contributed by atoms with van der Waals surface area (Å²) < 4.78 is 16.8. The fourth-order valence-electron chi connectivity index (χ4n) is 6.25. The lowest BCUT2D eigenvalue weighted by molar-refractivity contribution is -0.384. The van der Waals surface area contributed by atoms with E-state index in [2.05, 4.69) is 11.9 Å². The van der Waals surface area contributed by atoms with Crippen molar-refractivity contribution >= 4 is 17.4 Å². The lowest BCUT2D eigenvalue weighted by atomic mass is 9.69. The molecule has 3 unspecified atom stereocenters. The molecule has 40 heavy (non-hydrogen) atoms. The van der Waals surface area contributed by atoms with Crippen molar-refractivity contribution in [2.24, 2.45) is 5.92 Å². The molecule has 1 aliphatic heterocycles. The van der Waals surface area contributed by atoms with Crippen LogP contribution in [-0.4, -0.2) is 37.0 Å². The highest BCUT2D eigenvalue weighted by atomic mass is 16.6. The molecule has 2 aromatic rings. The first-order valence-corrected chi connectivity index (χ1v) is 13.7. The molecule has 9 heteroatoms. The summed E-state index contributed by atoms with van der Waals surface area (Å²) in [5.74, 6) is -0.913. The molecule has 1 heterocycles. The highest BCUT2D eigenvalue weighted by Crippen LogP contribution is 2.48. The van der Waals surface area contributed by atoms with E-state index in [1.54, 1.807) is 26.4 Å². The maximum Gasteiger partial charge on any atom is 0.316 e. The van der Waals surface area contributed by atoms with Gasteiger partial charge in [-0.2, -0.15) is 0 Å². The first-order valence-electron chi connectivity index (χ1n) is 13.7. The van der Waals surface area contributed by atoms with E-state index in [9.17, 15) is 19.7 Å². The van der Waals surface area contributed by atoms with E-state index in [1.165, 1.54) is 12.1 Å². The monoisotopic (exact) mass is 546 g/mol. The predicted octanol–water partition coefficient (Wildman–Crippen LogP) is 5.71. The molecule has 0 spiro atoms. The van der Waals surface area contributed by atoms with Gasteiger partial charge >= 0.3 is 5.97 Å². The van der Waals surface area contributed by atoms with Crippen molar-refractivity contribution in [1.82, 2.24) is 5.32 Å². The van der Waals surface area contributed by atoms with Crippen molar-refractivity contribution in [2.75, 3.05) is 14.2 Å². The van der Waals surface area contributed by atoms with Gasteiger partial charge in [0.15, 0.2) is 17.3 Å². The Balaban J connectivity index is 1.52. The van der Waals surface area contributed by atoms with Crippen LogP contribution in [0.2, 0.25) is 0 Å². The van der Waals surface area contributed by atoms with Gasteiger partial charge in [-0.05, 0) is 61.3 Å². The average molecular weight is 547 g/mol. The van der Waals surface area contributed by atoms with Crippen molar-refractivity contribution in [3.63, 3.8) is 0 Å².